The summed E-state index contributed by atoms with van der Waals surface area (Å²) in [5.41, 5.74) is 4.28. The van der Waals surface area contributed by atoms with Crippen molar-refractivity contribution in [2.75, 3.05) is 0 Å². The fourth-order valence-corrected chi connectivity index (χ4v) is 2.84. The highest BCUT2D eigenvalue weighted by atomic mass is 14.4. The van der Waals surface area contributed by atoms with Crippen LogP contribution in [-0.2, 0) is 11.8 Å². The van der Waals surface area contributed by atoms with Gasteiger partial charge in [-0.25, -0.2) is 0 Å². The van der Waals surface area contributed by atoms with Crippen LogP contribution in [0.5, 0.6) is 0 Å². The molecule has 0 aromatic heterocycles. The predicted octanol–water partition coefficient (Wildman–Crippen LogP) is 4.97. The van der Waals surface area contributed by atoms with E-state index in [0.717, 1.165) is 0 Å². The van der Waals surface area contributed by atoms with Crippen molar-refractivity contribution in [3.8, 4) is 0 Å². The molecule has 94 valence electrons. The van der Waals surface area contributed by atoms with Gasteiger partial charge < -0.3 is 0 Å². The predicted molar refractivity (Wildman–Crippen MR) is 79.8 cm³/mol. The Morgan fingerprint density at radius 2 is 2.06 bits per heavy atom. The summed E-state index contributed by atoms with van der Waals surface area (Å²) in [4.78, 5) is 0. The van der Waals surface area contributed by atoms with Gasteiger partial charge >= 0.3 is 0 Å². The maximum absolute atomic E-state index is 4.30. The number of hydrogen-bond acceptors (Lipinski definition) is 0. The van der Waals surface area contributed by atoms with Gasteiger partial charge in [-0.15, -0.1) is 0 Å². The van der Waals surface area contributed by atoms with Crippen molar-refractivity contribution in [1.29, 1.82) is 0 Å². The molecule has 0 radical (unpaired) electrons. The number of hydrogen-bond donors (Lipinski definition) is 0. The molecule has 1 aromatic rings. The van der Waals surface area contributed by atoms with Crippen LogP contribution < -0.4 is 0 Å². The van der Waals surface area contributed by atoms with Crippen LogP contribution in [0.1, 0.15) is 37.8 Å². The molecule has 18 heavy (non-hydrogen) atoms. The Hall–Kier alpha value is -1.56. The summed E-state index contributed by atoms with van der Waals surface area (Å²) in [7, 11) is 0. The van der Waals surface area contributed by atoms with E-state index in [2.05, 4.69) is 56.0 Å². The van der Waals surface area contributed by atoms with E-state index < -0.39 is 0 Å². The smallest absolute Gasteiger partial charge is 0.0171 e. The molecule has 0 amide bonds. The third-order valence-corrected chi connectivity index (χ3v) is 4.04. The molecule has 2 rings (SSSR count). The van der Waals surface area contributed by atoms with Crippen molar-refractivity contribution in [3.63, 3.8) is 0 Å². The van der Waals surface area contributed by atoms with E-state index in [9.17, 15) is 0 Å². The van der Waals surface area contributed by atoms with Crippen LogP contribution in [0.2, 0.25) is 0 Å². The van der Waals surface area contributed by atoms with Gasteiger partial charge in [0.2, 0.25) is 0 Å². The molecule has 0 saturated heterocycles. The van der Waals surface area contributed by atoms with Crippen molar-refractivity contribution in [2.45, 2.75) is 38.5 Å². The van der Waals surface area contributed by atoms with Gasteiger partial charge in [-0.05, 0) is 42.9 Å². The van der Waals surface area contributed by atoms with Crippen LogP contribution in [0.3, 0.4) is 0 Å². The average molecular weight is 238 g/mol. The number of rotatable bonds is 3. The largest absolute Gasteiger partial charge is 0.0949 e. The Morgan fingerprint density at radius 3 is 2.83 bits per heavy atom. The second kappa shape index (κ2) is 5.39. The fourth-order valence-electron chi connectivity index (χ4n) is 2.84. The first-order chi connectivity index (χ1) is 8.68. The molecule has 1 aromatic carbocycles. The topological polar surface area (TPSA) is 0 Å². The first kappa shape index (κ1) is 12.9. The van der Waals surface area contributed by atoms with Crippen molar-refractivity contribution in [1.82, 2.24) is 0 Å². The molecule has 0 saturated carbocycles. The van der Waals surface area contributed by atoms with E-state index in [1.165, 1.54) is 36.0 Å². The van der Waals surface area contributed by atoms with E-state index in [1.54, 1.807) is 0 Å². The monoisotopic (exact) mass is 238 g/mol. The van der Waals surface area contributed by atoms with Gasteiger partial charge in [0.05, 0.1) is 0 Å². The van der Waals surface area contributed by atoms with Crippen LogP contribution in [-0.4, -0.2) is 0 Å². The average Bonchev–Trinajstić information content (AvgIpc) is 2.39. The van der Waals surface area contributed by atoms with E-state index in [1.807, 2.05) is 13.0 Å². The minimum atomic E-state index is 0.104. The van der Waals surface area contributed by atoms with E-state index in [0.29, 0.717) is 0 Å². The summed E-state index contributed by atoms with van der Waals surface area (Å²) < 4.78 is 0. The fraction of sp³-hybridized carbons (Fsp3) is 0.333. The lowest BCUT2D eigenvalue weighted by atomic mass is 9.67. The van der Waals surface area contributed by atoms with E-state index >= 15 is 0 Å². The minimum Gasteiger partial charge on any atom is -0.0949 e. The second-order valence-electron chi connectivity index (χ2n) is 5.25. The van der Waals surface area contributed by atoms with Gasteiger partial charge in [0.15, 0.2) is 0 Å². The summed E-state index contributed by atoms with van der Waals surface area (Å²) in [5, 5.41) is 0. The van der Waals surface area contributed by atoms with Gasteiger partial charge in [0.1, 0.15) is 0 Å². The first-order valence-corrected chi connectivity index (χ1v) is 6.75. The van der Waals surface area contributed by atoms with Crippen LogP contribution in [0.25, 0.3) is 0 Å². The zero-order valence-electron chi connectivity index (χ0n) is 11.4. The Bertz CT molecular complexity index is 491. The molecule has 0 aliphatic heterocycles. The lowest BCUT2D eigenvalue weighted by Gasteiger charge is -2.37. The van der Waals surface area contributed by atoms with E-state index in [4.69, 9.17) is 0 Å². The quantitative estimate of drug-likeness (QED) is 0.652. The van der Waals surface area contributed by atoms with Gasteiger partial charge in [-0.1, -0.05) is 62.1 Å². The molecule has 1 aliphatic carbocycles. The van der Waals surface area contributed by atoms with Gasteiger partial charge in [0, 0.05) is 5.41 Å². The number of allylic oxidation sites excluding steroid dienone is 5. The Kier molecular flexibility index (Phi) is 3.86. The van der Waals surface area contributed by atoms with Gasteiger partial charge in [0.25, 0.3) is 0 Å². The molecule has 1 unspecified atom stereocenters. The van der Waals surface area contributed by atoms with Crippen molar-refractivity contribution in [3.05, 3.63) is 71.8 Å². The lowest BCUT2D eigenvalue weighted by Crippen LogP contribution is -2.28. The summed E-state index contributed by atoms with van der Waals surface area (Å²) in [5.74, 6) is 0. The summed E-state index contributed by atoms with van der Waals surface area (Å²) in [6, 6.07) is 8.81. The SMILES string of the molecule is C=C(/C=C\C=C/C)C1(C)CCCc2ccccc21. The first-order valence-electron chi connectivity index (χ1n) is 6.75. The minimum absolute atomic E-state index is 0.104. The molecular weight excluding hydrogens is 216 g/mol. The number of aryl methyl sites for hydroxylation is 1. The molecule has 0 heteroatoms. The van der Waals surface area contributed by atoms with E-state index in [-0.39, 0.29) is 5.41 Å². The second-order valence-corrected chi connectivity index (χ2v) is 5.25. The molecule has 0 fully saturated rings. The third kappa shape index (κ3) is 2.33. The lowest BCUT2D eigenvalue weighted by molar-refractivity contribution is 0.465. The van der Waals surface area contributed by atoms with Crippen molar-refractivity contribution in [2.24, 2.45) is 0 Å². The molecule has 1 aliphatic rings. The summed E-state index contributed by atoms with van der Waals surface area (Å²) in [6.45, 7) is 8.66. The van der Waals surface area contributed by atoms with Crippen LogP contribution >= 0.6 is 0 Å². The zero-order chi connectivity index (χ0) is 13.0. The maximum atomic E-state index is 4.30. The number of benzene rings is 1. The molecule has 0 bridgehead atoms. The molecular formula is C18H22. The van der Waals surface area contributed by atoms with Gasteiger partial charge in [-0.2, -0.15) is 0 Å². The molecule has 0 heterocycles. The normalized spacial score (nSPS) is 23.4. The van der Waals surface area contributed by atoms with Crippen LogP contribution in [0.15, 0.2) is 60.7 Å². The standard InChI is InChI=1S/C18H22/c1-4-5-6-10-15(2)18(3)14-9-12-16-11-7-8-13-17(16)18/h4-8,10-11,13H,2,9,12,14H2,1,3H3/b5-4-,10-6-. The van der Waals surface area contributed by atoms with Crippen molar-refractivity contribution >= 4 is 0 Å². The molecule has 0 spiro atoms. The number of fused-ring (bicyclic) bond motifs is 1. The summed E-state index contributed by atoms with van der Waals surface area (Å²) in [6.07, 6.45) is 12.0. The van der Waals surface area contributed by atoms with Crippen LogP contribution in [0, 0.1) is 0 Å². The highest BCUT2D eigenvalue weighted by Gasteiger charge is 2.32. The summed E-state index contributed by atoms with van der Waals surface area (Å²) >= 11 is 0. The maximum Gasteiger partial charge on any atom is 0.0171 e. The molecule has 1 atom stereocenters. The Labute approximate surface area is 111 Å². The van der Waals surface area contributed by atoms with Crippen LogP contribution in [0.4, 0.5) is 0 Å². The third-order valence-electron chi connectivity index (χ3n) is 4.04. The van der Waals surface area contributed by atoms with Crippen molar-refractivity contribution < 1.29 is 0 Å². The highest BCUT2D eigenvalue weighted by Crippen LogP contribution is 2.42. The van der Waals surface area contributed by atoms with Gasteiger partial charge in [-0.3, -0.25) is 0 Å². The molecule has 0 N–H and O–H groups in total. The highest BCUT2D eigenvalue weighted by molar-refractivity contribution is 5.46. The Balaban J connectivity index is 2.35. The molecule has 0 nitrogen and oxygen atoms in total. The Morgan fingerprint density at radius 1 is 1.28 bits per heavy atom. The zero-order valence-corrected chi connectivity index (χ0v) is 11.4.